The van der Waals surface area contributed by atoms with Gasteiger partial charge in [-0.25, -0.2) is 9.59 Å². The van der Waals surface area contributed by atoms with E-state index < -0.39 is 30.5 Å². The van der Waals surface area contributed by atoms with Crippen LogP contribution in [0.2, 0.25) is 0 Å². The monoisotopic (exact) mass is 488 g/mol. The molecule has 1 aromatic carbocycles. The van der Waals surface area contributed by atoms with Gasteiger partial charge in [-0.15, -0.1) is 23.1 Å². The molecule has 2 amide bonds. The summed E-state index contributed by atoms with van der Waals surface area (Å²) in [5.41, 5.74) is 1.20. The van der Waals surface area contributed by atoms with Crippen LogP contribution in [0.15, 0.2) is 36.4 Å². The van der Waals surface area contributed by atoms with E-state index in [1.54, 1.807) is 29.7 Å². The highest BCUT2D eigenvalue weighted by atomic mass is 32.2. The molecular weight excluding hydrogens is 464 g/mol. The maximum absolute atomic E-state index is 12.6. The van der Waals surface area contributed by atoms with Crippen LogP contribution in [0.25, 0.3) is 10.4 Å². The third kappa shape index (κ3) is 4.77. The molecule has 3 heterocycles. The Morgan fingerprint density at radius 3 is 2.70 bits per heavy atom. The molecule has 2 aliphatic heterocycles. The number of rotatable bonds is 7. The van der Waals surface area contributed by atoms with E-state index in [1.165, 1.54) is 11.3 Å². The second kappa shape index (κ2) is 9.56. The molecule has 2 saturated heterocycles. The zero-order valence-electron chi connectivity index (χ0n) is 18.3. The maximum Gasteiger partial charge on any atom is 0.350 e. The highest BCUT2D eigenvalue weighted by Gasteiger charge is 2.53. The smallest absolute Gasteiger partial charge is 0.350 e. The van der Waals surface area contributed by atoms with Gasteiger partial charge in [0.15, 0.2) is 6.61 Å². The molecule has 1 N–H and O–H groups in total. The molecule has 0 radical (unpaired) electrons. The van der Waals surface area contributed by atoms with E-state index in [-0.39, 0.29) is 22.3 Å². The molecule has 33 heavy (non-hydrogen) atoms. The topological polar surface area (TPSA) is 102 Å². The summed E-state index contributed by atoms with van der Waals surface area (Å²) in [5.74, 6) is -1.34. The van der Waals surface area contributed by atoms with Crippen molar-refractivity contribution in [3.8, 4) is 10.4 Å². The Morgan fingerprint density at radius 1 is 1.21 bits per heavy atom. The molecule has 0 spiro atoms. The van der Waals surface area contributed by atoms with Crippen molar-refractivity contribution in [2.45, 2.75) is 37.6 Å². The molecule has 2 aromatic rings. The number of thioether (sulfide) groups is 1. The lowest BCUT2D eigenvalue weighted by atomic mass is 10.2. The number of thiophene rings is 1. The van der Waals surface area contributed by atoms with Crippen LogP contribution in [0.3, 0.4) is 0 Å². The van der Waals surface area contributed by atoms with Gasteiger partial charge in [0.2, 0.25) is 5.91 Å². The Labute approximate surface area is 199 Å². The van der Waals surface area contributed by atoms with Crippen LogP contribution in [-0.4, -0.2) is 58.5 Å². The summed E-state index contributed by atoms with van der Waals surface area (Å²) in [6, 6.07) is 10.5. The molecule has 2 fully saturated rings. The van der Waals surface area contributed by atoms with Crippen LogP contribution < -0.4 is 5.32 Å². The predicted molar refractivity (Wildman–Crippen MR) is 126 cm³/mol. The fourth-order valence-electron chi connectivity index (χ4n) is 3.99. The molecule has 0 aliphatic carbocycles. The summed E-state index contributed by atoms with van der Waals surface area (Å²) in [7, 11) is 0. The summed E-state index contributed by atoms with van der Waals surface area (Å²) in [6.45, 7) is 3.34. The average Bonchev–Trinajstić information content (AvgIpc) is 3.46. The lowest BCUT2D eigenvalue weighted by Crippen LogP contribution is -2.47. The first-order valence-electron chi connectivity index (χ1n) is 10.6. The third-order valence-corrected chi connectivity index (χ3v) is 8.26. The first-order chi connectivity index (χ1) is 15.8. The van der Waals surface area contributed by atoms with Crippen LogP contribution >= 0.6 is 23.1 Å². The zero-order valence-corrected chi connectivity index (χ0v) is 19.9. The third-order valence-electron chi connectivity index (χ3n) is 5.59. The SMILES string of the molecule is CCOC(=O)c1sc(-c2ccccc2)cc1NC(=O)COC(=O)C1CSC2(C)CCC(=O)N12. The van der Waals surface area contributed by atoms with Crippen molar-refractivity contribution in [1.82, 2.24) is 4.90 Å². The highest BCUT2D eigenvalue weighted by molar-refractivity contribution is 8.01. The maximum atomic E-state index is 12.6. The first-order valence-corrected chi connectivity index (χ1v) is 12.4. The standard InChI is InChI=1S/C23H24N2O6S2/c1-3-30-22(29)20-15(11-17(33-20)14-7-5-4-6-8-14)24-18(26)12-31-21(28)16-13-32-23(2)10-9-19(27)25(16)23/h4-8,11,16H,3,9-10,12-13H2,1-2H3,(H,24,26). The van der Waals surface area contributed by atoms with Gasteiger partial charge in [0.1, 0.15) is 10.9 Å². The Kier molecular flexibility index (Phi) is 6.76. The number of anilines is 1. The number of nitrogens with one attached hydrogen (secondary N) is 1. The Bertz CT molecular complexity index is 1090. The number of amides is 2. The van der Waals surface area contributed by atoms with Gasteiger partial charge in [-0.2, -0.15) is 0 Å². The van der Waals surface area contributed by atoms with Gasteiger partial charge < -0.3 is 19.7 Å². The van der Waals surface area contributed by atoms with Crippen molar-refractivity contribution in [1.29, 1.82) is 0 Å². The fourth-order valence-corrected chi connectivity index (χ4v) is 6.42. The number of nitrogens with zero attached hydrogens (tertiary/aromatic N) is 1. The molecule has 0 saturated carbocycles. The van der Waals surface area contributed by atoms with Crippen molar-refractivity contribution < 1.29 is 28.7 Å². The van der Waals surface area contributed by atoms with Crippen LogP contribution in [0, 0.1) is 0 Å². The lowest BCUT2D eigenvalue weighted by molar-refractivity contribution is -0.155. The van der Waals surface area contributed by atoms with Gasteiger partial charge in [0.05, 0.1) is 17.2 Å². The van der Waals surface area contributed by atoms with Crippen LogP contribution in [0.4, 0.5) is 5.69 Å². The number of carbonyl (C=O) groups is 4. The van der Waals surface area contributed by atoms with Gasteiger partial charge in [-0.3, -0.25) is 9.59 Å². The number of hydrogen-bond acceptors (Lipinski definition) is 8. The second-order valence-electron chi connectivity index (χ2n) is 7.86. The fraction of sp³-hybridized carbons (Fsp3) is 0.391. The Balaban J connectivity index is 1.42. The van der Waals surface area contributed by atoms with E-state index >= 15 is 0 Å². The van der Waals surface area contributed by atoms with Crippen molar-refractivity contribution in [2.75, 3.05) is 24.3 Å². The second-order valence-corrected chi connectivity index (χ2v) is 10.4. The molecule has 4 rings (SSSR count). The largest absolute Gasteiger partial charge is 0.462 e. The van der Waals surface area contributed by atoms with E-state index in [4.69, 9.17) is 9.47 Å². The average molecular weight is 489 g/mol. The van der Waals surface area contributed by atoms with Gasteiger partial charge in [0.25, 0.3) is 5.91 Å². The van der Waals surface area contributed by atoms with Crippen molar-refractivity contribution >= 4 is 52.5 Å². The van der Waals surface area contributed by atoms with Gasteiger partial charge in [0, 0.05) is 17.1 Å². The number of hydrogen-bond donors (Lipinski definition) is 1. The van der Waals surface area contributed by atoms with Crippen LogP contribution in [0.1, 0.15) is 36.4 Å². The zero-order chi connectivity index (χ0) is 23.6. The minimum atomic E-state index is -0.691. The summed E-state index contributed by atoms with van der Waals surface area (Å²) in [6.07, 6.45) is 1.10. The van der Waals surface area contributed by atoms with Crippen molar-refractivity contribution in [3.63, 3.8) is 0 Å². The minimum Gasteiger partial charge on any atom is -0.462 e. The molecular formula is C23H24N2O6S2. The minimum absolute atomic E-state index is 0.0697. The predicted octanol–water partition coefficient (Wildman–Crippen LogP) is 3.53. The molecule has 174 valence electrons. The molecule has 0 bridgehead atoms. The summed E-state index contributed by atoms with van der Waals surface area (Å²) < 4.78 is 10.3. The van der Waals surface area contributed by atoms with Gasteiger partial charge >= 0.3 is 11.9 Å². The van der Waals surface area contributed by atoms with Crippen LogP contribution in [0.5, 0.6) is 0 Å². The molecule has 2 aliphatic rings. The summed E-state index contributed by atoms with van der Waals surface area (Å²) >= 11 is 2.77. The molecule has 2 unspecified atom stereocenters. The van der Waals surface area contributed by atoms with E-state index in [1.807, 2.05) is 37.3 Å². The van der Waals surface area contributed by atoms with Crippen LogP contribution in [-0.2, 0) is 23.9 Å². The van der Waals surface area contributed by atoms with E-state index in [2.05, 4.69) is 5.32 Å². The quantitative estimate of drug-likeness (QED) is 0.595. The van der Waals surface area contributed by atoms with Gasteiger partial charge in [-0.05, 0) is 31.9 Å². The Hall–Kier alpha value is -2.85. The first kappa shape index (κ1) is 23.3. The van der Waals surface area contributed by atoms with Gasteiger partial charge in [-0.1, -0.05) is 30.3 Å². The van der Waals surface area contributed by atoms with E-state index in [0.717, 1.165) is 10.4 Å². The molecule has 10 heteroatoms. The number of esters is 2. The summed E-state index contributed by atoms with van der Waals surface area (Å²) in [4.78, 5) is 52.0. The number of benzene rings is 1. The van der Waals surface area contributed by atoms with Crippen molar-refractivity contribution in [2.24, 2.45) is 0 Å². The number of carbonyl (C=O) groups excluding carboxylic acids is 4. The number of fused-ring (bicyclic) bond motifs is 1. The van der Waals surface area contributed by atoms with E-state index in [9.17, 15) is 19.2 Å². The lowest BCUT2D eigenvalue weighted by Gasteiger charge is -2.29. The van der Waals surface area contributed by atoms with Crippen molar-refractivity contribution in [3.05, 3.63) is 41.3 Å². The summed E-state index contributed by atoms with van der Waals surface area (Å²) in [5, 5.41) is 2.66. The number of ether oxygens (including phenoxy) is 2. The molecule has 8 nitrogen and oxygen atoms in total. The molecule has 2 atom stereocenters. The normalized spacial score (nSPS) is 21.6. The van der Waals surface area contributed by atoms with E-state index in [0.29, 0.717) is 24.3 Å². The highest BCUT2D eigenvalue weighted by Crippen LogP contribution is 2.47. The molecule has 1 aromatic heterocycles. The Morgan fingerprint density at radius 2 is 1.97 bits per heavy atom.